The van der Waals surface area contributed by atoms with Crippen LogP contribution in [0.25, 0.3) is 0 Å². The molecule has 1 amide bonds. The van der Waals surface area contributed by atoms with Gasteiger partial charge in [0.25, 0.3) is 0 Å². The van der Waals surface area contributed by atoms with Crippen LogP contribution >= 0.6 is 0 Å². The molecule has 96 valence electrons. The summed E-state index contributed by atoms with van der Waals surface area (Å²) in [5, 5.41) is 20.5. The number of carboxylic acid groups (broad SMARTS) is 1. The van der Waals surface area contributed by atoms with E-state index in [9.17, 15) is 9.59 Å². The maximum absolute atomic E-state index is 11.6. The summed E-state index contributed by atoms with van der Waals surface area (Å²) in [4.78, 5) is 22.2. The van der Waals surface area contributed by atoms with Crippen molar-refractivity contribution in [2.45, 2.75) is 12.8 Å². The zero-order valence-corrected chi connectivity index (χ0v) is 9.80. The minimum absolute atomic E-state index is 0.179. The summed E-state index contributed by atoms with van der Waals surface area (Å²) in [5.74, 6) is -1.72. The fraction of sp³-hybridized carbons (Fsp3) is 0.385. The van der Waals surface area contributed by atoms with Gasteiger partial charge in [-0.1, -0.05) is 12.1 Å². The number of carbonyl (C=O) groups excluding carboxylic acids is 1. The van der Waals surface area contributed by atoms with E-state index in [2.05, 4.69) is 5.32 Å². The lowest BCUT2D eigenvalue weighted by Crippen LogP contribution is -2.28. The number of benzene rings is 1. The van der Waals surface area contributed by atoms with Crippen molar-refractivity contribution in [3.8, 4) is 5.75 Å². The molecule has 1 aromatic carbocycles. The number of carbonyl (C=O) groups is 2. The number of aliphatic carboxylic acids is 1. The van der Waals surface area contributed by atoms with Gasteiger partial charge < -0.3 is 15.5 Å². The topological polar surface area (TPSA) is 86.6 Å². The van der Waals surface area contributed by atoms with Gasteiger partial charge in [-0.15, -0.1) is 0 Å². The van der Waals surface area contributed by atoms with Gasteiger partial charge in [-0.25, -0.2) is 0 Å². The van der Waals surface area contributed by atoms with Gasteiger partial charge in [-0.2, -0.15) is 0 Å². The van der Waals surface area contributed by atoms with Crippen molar-refractivity contribution in [1.82, 2.24) is 5.32 Å². The van der Waals surface area contributed by atoms with Crippen LogP contribution in [0.5, 0.6) is 5.75 Å². The van der Waals surface area contributed by atoms with E-state index < -0.39 is 11.9 Å². The average molecular weight is 249 g/mol. The third-order valence-electron chi connectivity index (χ3n) is 3.09. The Balaban J connectivity index is 1.71. The first-order valence-corrected chi connectivity index (χ1v) is 5.86. The molecule has 0 heterocycles. The van der Waals surface area contributed by atoms with Gasteiger partial charge >= 0.3 is 5.97 Å². The molecule has 1 aliphatic carbocycles. The van der Waals surface area contributed by atoms with E-state index in [-0.39, 0.29) is 17.6 Å². The first-order valence-electron chi connectivity index (χ1n) is 5.86. The molecule has 1 aliphatic rings. The first-order chi connectivity index (χ1) is 8.58. The summed E-state index contributed by atoms with van der Waals surface area (Å²) < 4.78 is 0. The van der Waals surface area contributed by atoms with Gasteiger partial charge in [-0.3, -0.25) is 9.59 Å². The van der Waals surface area contributed by atoms with Crippen molar-refractivity contribution in [1.29, 1.82) is 0 Å². The van der Waals surface area contributed by atoms with E-state index in [4.69, 9.17) is 10.2 Å². The van der Waals surface area contributed by atoms with Gasteiger partial charge in [0.05, 0.1) is 11.8 Å². The van der Waals surface area contributed by atoms with E-state index >= 15 is 0 Å². The second kappa shape index (κ2) is 5.08. The van der Waals surface area contributed by atoms with Crippen molar-refractivity contribution < 1.29 is 19.8 Å². The number of hydrogen-bond acceptors (Lipinski definition) is 3. The van der Waals surface area contributed by atoms with Crippen LogP contribution < -0.4 is 5.32 Å². The van der Waals surface area contributed by atoms with Crippen molar-refractivity contribution in [2.75, 3.05) is 6.54 Å². The molecule has 1 saturated carbocycles. The van der Waals surface area contributed by atoms with E-state index in [0.29, 0.717) is 19.4 Å². The van der Waals surface area contributed by atoms with Crippen molar-refractivity contribution in [3.05, 3.63) is 29.8 Å². The molecule has 5 nitrogen and oxygen atoms in total. The fourth-order valence-corrected chi connectivity index (χ4v) is 1.88. The highest BCUT2D eigenvalue weighted by Gasteiger charge is 2.48. The molecule has 1 fully saturated rings. The van der Waals surface area contributed by atoms with E-state index in [1.54, 1.807) is 24.3 Å². The normalized spacial score (nSPS) is 21.3. The third kappa shape index (κ3) is 3.00. The number of aromatic hydroxyl groups is 1. The number of rotatable bonds is 5. The summed E-state index contributed by atoms with van der Waals surface area (Å²) in [5.41, 5.74) is 1.01. The van der Waals surface area contributed by atoms with Crippen molar-refractivity contribution >= 4 is 11.9 Å². The Morgan fingerprint density at radius 3 is 2.44 bits per heavy atom. The Morgan fingerprint density at radius 1 is 1.22 bits per heavy atom. The molecule has 2 rings (SSSR count). The van der Waals surface area contributed by atoms with E-state index in [0.717, 1.165) is 5.56 Å². The highest BCUT2D eigenvalue weighted by atomic mass is 16.4. The summed E-state index contributed by atoms with van der Waals surface area (Å²) >= 11 is 0. The van der Waals surface area contributed by atoms with Crippen molar-refractivity contribution in [2.24, 2.45) is 11.8 Å². The lowest BCUT2D eigenvalue weighted by Gasteiger charge is -2.04. The van der Waals surface area contributed by atoms with Gasteiger partial charge in [0.1, 0.15) is 5.75 Å². The van der Waals surface area contributed by atoms with Crippen LogP contribution in [0.1, 0.15) is 12.0 Å². The maximum Gasteiger partial charge on any atom is 0.307 e. The molecular formula is C13H15NO4. The van der Waals surface area contributed by atoms with E-state index in [1.165, 1.54) is 0 Å². The second-order valence-electron chi connectivity index (χ2n) is 4.49. The predicted octanol–water partition coefficient (Wildman–Crippen LogP) is 0.772. The molecule has 0 radical (unpaired) electrons. The molecule has 0 bridgehead atoms. The summed E-state index contributed by atoms with van der Waals surface area (Å²) in [6, 6.07) is 6.77. The number of hydrogen-bond donors (Lipinski definition) is 3. The second-order valence-corrected chi connectivity index (χ2v) is 4.49. The quantitative estimate of drug-likeness (QED) is 0.719. The van der Waals surface area contributed by atoms with Crippen LogP contribution in [0.15, 0.2) is 24.3 Å². The monoisotopic (exact) mass is 249 g/mol. The number of nitrogens with one attached hydrogen (secondary N) is 1. The summed E-state index contributed by atoms with van der Waals surface area (Å²) in [7, 11) is 0. The predicted molar refractivity (Wildman–Crippen MR) is 64.1 cm³/mol. The van der Waals surface area contributed by atoms with Crippen LogP contribution in [0.4, 0.5) is 0 Å². The van der Waals surface area contributed by atoms with E-state index in [1.807, 2.05) is 0 Å². The van der Waals surface area contributed by atoms with Crippen LogP contribution in [0.2, 0.25) is 0 Å². The lowest BCUT2D eigenvalue weighted by molar-refractivity contribution is -0.140. The minimum atomic E-state index is -0.895. The molecule has 0 unspecified atom stereocenters. The first kappa shape index (κ1) is 12.4. The van der Waals surface area contributed by atoms with Gasteiger partial charge in [0.15, 0.2) is 0 Å². The lowest BCUT2D eigenvalue weighted by atomic mass is 10.1. The van der Waals surface area contributed by atoms with Crippen LogP contribution in [-0.2, 0) is 16.0 Å². The molecule has 1 aromatic rings. The van der Waals surface area contributed by atoms with Gasteiger partial charge in [-0.05, 0) is 30.5 Å². The highest BCUT2D eigenvalue weighted by molar-refractivity contribution is 5.89. The number of carboxylic acids is 1. The molecule has 18 heavy (non-hydrogen) atoms. The summed E-state index contributed by atoms with van der Waals surface area (Å²) in [6.07, 6.45) is 1.11. The Morgan fingerprint density at radius 2 is 1.89 bits per heavy atom. The SMILES string of the molecule is O=C(O)[C@H]1C[C@H]1C(=O)NCCc1ccc(O)cc1. The zero-order valence-electron chi connectivity index (χ0n) is 9.80. The number of amides is 1. The Labute approximate surface area is 104 Å². The maximum atomic E-state index is 11.6. The molecule has 0 aliphatic heterocycles. The molecule has 5 heteroatoms. The molecule has 0 aromatic heterocycles. The standard InChI is InChI=1S/C13H15NO4/c15-9-3-1-8(2-4-9)5-6-14-12(16)10-7-11(10)13(17)18/h1-4,10-11,15H,5-7H2,(H,14,16)(H,17,18)/t10-,11+/m1/s1. The zero-order chi connectivity index (χ0) is 13.1. The highest BCUT2D eigenvalue weighted by Crippen LogP contribution is 2.38. The number of phenolic OH excluding ortho intramolecular Hbond substituents is 1. The molecule has 2 atom stereocenters. The van der Waals surface area contributed by atoms with Crippen LogP contribution in [0, 0.1) is 11.8 Å². The van der Waals surface area contributed by atoms with Crippen LogP contribution in [0.3, 0.4) is 0 Å². The number of phenols is 1. The molecule has 3 N–H and O–H groups in total. The van der Waals surface area contributed by atoms with Gasteiger partial charge in [0.2, 0.25) is 5.91 Å². The fourth-order valence-electron chi connectivity index (χ4n) is 1.88. The minimum Gasteiger partial charge on any atom is -0.508 e. The van der Waals surface area contributed by atoms with Crippen LogP contribution in [-0.4, -0.2) is 28.6 Å². The van der Waals surface area contributed by atoms with Gasteiger partial charge in [0, 0.05) is 6.54 Å². The third-order valence-corrected chi connectivity index (χ3v) is 3.09. The Hall–Kier alpha value is -2.04. The average Bonchev–Trinajstić information content (AvgIpc) is 3.11. The molecule has 0 spiro atoms. The molecule has 0 saturated heterocycles. The molecular weight excluding hydrogens is 234 g/mol. The summed E-state index contributed by atoms with van der Waals surface area (Å²) in [6.45, 7) is 0.479. The smallest absolute Gasteiger partial charge is 0.307 e. The Kier molecular flexibility index (Phi) is 3.50. The van der Waals surface area contributed by atoms with Crippen molar-refractivity contribution in [3.63, 3.8) is 0 Å². The largest absolute Gasteiger partial charge is 0.508 e. The Bertz CT molecular complexity index is 455.